The number of nitriles is 1. The minimum atomic E-state index is -0.433. The van der Waals surface area contributed by atoms with Gasteiger partial charge in [0, 0.05) is 12.2 Å². The average molecular weight is 372 g/mol. The number of nitrogens with zero attached hydrogens (tertiary/aromatic N) is 2. The van der Waals surface area contributed by atoms with Crippen molar-refractivity contribution in [3.8, 4) is 11.8 Å². The molecule has 0 fully saturated rings. The summed E-state index contributed by atoms with van der Waals surface area (Å²) in [6, 6.07) is 14.4. The summed E-state index contributed by atoms with van der Waals surface area (Å²) in [7, 11) is 1.51. The van der Waals surface area contributed by atoms with Crippen molar-refractivity contribution in [2.45, 2.75) is 6.42 Å². The van der Waals surface area contributed by atoms with E-state index < -0.39 is 5.91 Å². The standard InChI is InChI=1S/C22H16N2O4/c1-27-17-6-7-20-18(11-17)21(25)16(13-28-20)10-15(12-23)22(26)24-9-8-14-4-2-3-5-19(14)24/h2-7,10-11,13H,8-9H2,1H3/b15-10+. The average Bonchev–Trinajstić information content (AvgIpc) is 3.17. The molecular weight excluding hydrogens is 356 g/mol. The molecule has 1 aliphatic heterocycles. The van der Waals surface area contributed by atoms with Crippen LogP contribution in [0.1, 0.15) is 11.1 Å². The van der Waals surface area contributed by atoms with Gasteiger partial charge in [-0.05, 0) is 42.3 Å². The van der Waals surface area contributed by atoms with Crippen LogP contribution in [0.15, 0.2) is 63.5 Å². The molecule has 6 heteroatoms. The summed E-state index contributed by atoms with van der Waals surface area (Å²) >= 11 is 0. The third kappa shape index (κ3) is 2.93. The fraction of sp³-hybridized carbons (Fsp3) is 0.136. The first-order valence-corrected chi connectivity index (χ1v) is 8.73. The van der Waals surface area contributed by atoms with E-state index in [0.29, 0.717) is 23.3 Å². The summed E-state index contributed by atoms with van der Waals surface area (Å²) in [5, 5.41) is 9.86. The summed E-state index contributed by atoms with van der Waals surface area (Å²) < 4.78 is 10.6. The molecule has 1 aromatic heterocycles. The van der Waals surface area contributed by atoms with Crippen LogP contribution in [-0.4, -0.2) is 19.6 Å². The van der Waals surface area contributed by atoms with E-state index in [0.717, 1.165) is 17.7 Å². The van der Waals surface area contributed by atoms with Gasteiger partial charge < -0.3 is 14.1 Å². The van der Waals surface area contributed by atoms with Gasteiger partial charge in [0.1, 0.15) is 29.2 Å². The highest BCUT2D eigenvalue weighted by molar-refractivity contribution is 6.12. The Labute approximate surface area is 160 Å². The number of ether oxygens (including phenoxy) is 1. The van der Waals surface area contributed by atoms with Crippen LogP contribution in [0.25, 0.3) is 17.0 Å². The van der Waals surface area contributed by atoms with Crippen molar-refractivity contribution in [1.29, 1.82) is 5.26 Å². The van der Waals surface area contributed by atoms with Crippen molar-refractivity contribution in [2.75, 3.05) is 18.6 Å². The lowest BCUT2D eigenvalue weighted by molar-refractivity contribution is -0.114. The first-order valence-electron chi connectivity index (χ1n) is 8.73. The number of hydrogen-bond acceptors (Lipinski definition) is 5. The quantitative estimate of drug-likeness (QED) is 0.520. The summed E-state index contributed by atoms with van der Waals surface area (Å²) in [5.41, 5.74) is 1.95. The third-order valence-corrected chi connectivity index (χ3v) is 4.79. The first-order chi connectivity index (χ1) is 13.6. The molecule has 0 aliphatic carbocycles. The molecule has 0 unspecified atom stereocenters. The lowest BCUT2D eigenvalue weighted by Crippen LogP contribution is -2.30. The zero-order valence-electron chi connectivity index (χ0n) is 15.1. The number of methoxy groups -OCH3 is 1. The van der Waals surface area contributed by atoms with E-state index >= 15 is 0 Å². The lowest BCUT2D eigenvalue weighted by atomic mass is 10.1. The molecular formula is C22H16N2O4. The number of rotatable bonds is 3. The van der Waals surface area contributed by atoms with Crippen LogP contribution in [0.3, 0.4) is 0 Å². The number of benzene rings is 2. The van der Waals surface area contributed by atoms with E-state index in [1.807, 2.05) is 30.3 Å². The molecule has 0 spiro atoms. The van der Waals surface area contributed by atoms with Gasteiger partial charge in [0.2, 0.25) is 0 Å². The monoisotopic (exact) mass is 372 g/mol. The molecule has 0 saturated heterocycles. The summed E-state index contributed by atoms with van der Waals surface area (Å²) in [6.45, 7) is 0.501. The molecule has 0 saturated carbocycles. The Bertz CT molecular complexity index is 1220. The Balaban J connectivity index is 1.75. The molecule has 28 heavy (non-hydrogen) atoms. The predicted octanol–water partition coefficient (Wildman–Crippen LogP) is 3.30. The first kappa shape index (κ1) is 17.6. The van der Waals surface area contributed by atoms with E-state index in [2.05, 4.69) is 0 Å². The molecule has 1 aliphatic rings. The van der Waals surface area contributed by atoms with Crippen LogP contribution in [0.5, 0.6) is 5.75 Å². The predicted molar refractivity (Wildman–Crippen MR) is 105 cm³/mol. The molecule has 4 rings (SSSR count). The molecule has 2 aromatic carbocycles. The third-order valence-electron chi connectivity index (χ3n) is 4.79. The van der Waals surface area contributed by atoms with Gasteiger partial charge in [-0.2, -0.15) is 5.26 Å². The summed E-state index contributed by atoms with van der Waals surface area (Å²) in [6.07, 6.45) is 3.28. The van der Waals surface area contributed by atoms with Crippen LogP contribution < -0.4 is 15.1 Å². The molecule has 3 aromatic rings. The highest BCUT2D eigenvalue weighted by Crippen LogP contribution is 2.29. The number of fused-ring (bicyclic) bond motifs is 2. The van der Waals surface area contributed by atoms with Crippen LogP contribution in [0.2, 0.25) is 0 Å². The van der Waals surface area contributed by atoms with E-state index in [1.54, 1.807) is 23.1 Å². The topological polar surface area (TPSA) is 83.5 Å². The van der Waals surface area contributed by atoms with Gasteiger partial charge in [0.15, 0.2) is 5.43 Å². The molecule has 138 valence electrons. The fourth-order valence-corrected chi connectivity index (χ4v) is 3.34. The van der Waals surface area contributed by atoms with E-state index in [9.17, 15) is 14.9 Å². The lowest BCUT2D eigenvalue weighted by Gasteiger charge is -2.16. The smallest absolute Gasteiger partial charge is 0.268 e. The molecule has 0 atom stereocenters. The Morgan fingerprint density at radius 3 is 2.89 bits per heavy atom. The second-order valence-corrected chi connectivity index (χ2v) is 6.39. The van der Waals surface area contributed by atoms with Crippen LogP contribution >= 0.6 is 0 Å². The molecule has 2 heterocycles. The van der Waals surface area contributed by atoms with E-state index in [4.69, 9.17) is 9.15 Å². The van der Waals surface area contributed by atoms with Crippen LogP contribution in [0, 0.1) is 11.3 Å². The number of amides is 1. The molecule has 0 N–H and O–H groups in total. The van der Waals surface area contributed by atoms with Gasteiger partial charge in [-0.25, -0.2) is 0 Å². The maximum Gasteiger partial charge on any atom is 0.268 e. The molecule has 1 amide bonds. The van der Waals surface area contributed by atoms with Crippen molar-refractivity contribution in [3.05, 3.63) is 75.7 Å². The maximum absolute atomic E-state index is 12.9. The molecule has 6 nitrogen and oxygen atoms in total. The summed E-state index contributed by atoms with van der Waals surface area (Å²) in [5.74, 6) is 0.0868. The van der Waals surface area contributed by atoms with Crippen molar-refractivity contribution in [1.82, 2.24) is 0 Å². The number of hydrogen-bond donors (Lipinski definition) is 0. The Morgan fingerprint density at radius 2 is 2.11 bits per heavy atom. The number of para-hydroxylation sites is 1. The largest absolute Gasteiger partial charge is 0.497 e. The van der Waals surface area contributed by atoms with Gasteiger partial charge in [-0.3, -0.25) is 9.59 Å². The zero-order valence-corrected chi connectivity index (χ0v) is 15.1. The fourth-order valence-electron chi connectivity index (χ4n) is 3.34. The van der Waals surface area contributed by atoms with Crippen molar-refractivity contribution in [3.63, 3.8) is 0 Å². The second-order valence-electron chi connectivity index (χ2n) is 6.39. The Hall–Kier alpha value is -3.85. The molecule has 0 bridgehead atoms. The Kier molecular flexibility index (Phi) is 4.42. The summed E-state index contributed by atoms with van der Waals surface area (Å²) in [4.78, 5) is 27.3. The Morgan fingerprint density at radius 1 is 1.29 bits per heavy atom. The zero-order chi connectivity index (χ0) is 19.7. The van der Waals surface area contributed by atoms with Gasteiger partial charge in [-0.1, -0.05) is 18.2 Å². The molecule has 0 radical (unpaired) electrons. The van der Waals surface area contributed by atoms with Gasteiger partial charge in [-0.15, -0.1) is 0 Å². The second kappa shape index (κ2) is 7.05. The number of anilines is 1. The minimum Gasteiger partial charge on any atom is -0.497 e. The van der Waals surface area contributed by atoms with E-state index in [1.165, 1.54) is 19.4 Å². The van der Waals surface area contributed by atoms with Gasteiger partial charge >= 0.3 is 0 Å². The van der Waals surface area contributed by atoms with E-state index in [-0.39, 0.29) is 16.6 Å². The highest BCUT2D eigenvalue weighted by atomic mass is 16.5. The van der Waals surface area contributed by atoms with Gasteiger partial charge in [0.05, 0.1) is 18.1 Å². The normalized spacial score (nSPS) is 13.3. The van der Waals surface area contributed by atoms with Crippen LogP contribution in [-0.2, 0) is 11.2 Å². The van der Waals surface area contributed by atoms with Gasteiger partial charge in [0.25, 0.3) is 5.91 Å². The number of carbonyl (C=O) groups is 1. The van der Waals surface area contributed by atoms with Crippen molar-refractivity contribution in [2.24, 2.45) is 0 Å². The number of carbonyl (C=O) groups excluding carboxylic acids is 1. The minimum absolute atomic E-state index is 0.119. The highest BCUT2D eigenvalue weighted by Gasteiger charge is 2.26. The van der Waals surface area contributed by atoms with Crippen molar-refractivity contribution >= 4 is 28.6 Å². The maximum atomic E-state index is 12.9. The SMILES string of the molecule is COc1ccc2occ(/C=C(\C#N)C(=O)N3CCc4ccccc43)c(=O)c2c1. The van der Waals surface area contributed by atoms with Crippen molar-refractivity contribution < 1.29 is 13.9 Å². The van der Waals surface area contributed by atoms with Crippen LogP contribution in [0.4, 0.5) is 5.69 Å².